The number of carboxylic acid groups (broad SMARTS) is 1. The van der Waals surface area contributed by atoms with Gasteiger partial charge in [-0.1, -0.05) is 30.3 Å². The van der Waals surface area contributed by atoms with Crippen LogP contribution in [0, 0.1) is 6.92 Å². The number of imidazole rings is 1. The van der Waals surface area contributed by atoms with Crippen molar-refractivity contribution in [2.75, 3.05) is 0 Å². The molecule has 98 valence electrons. The predicted molar refractivity (Wildman–Crippen MR) is 72.1 cm³/mol. The Bertz CT molecular complexity index is 617. The van der Waals surface area contributed by atoms with Crippen LogP contribution in [0.5, 0.6) is 0 Å². The summed E-state index contributed by atoms with van der Waals surface area (Å²) in [5, 5.41) is 12.3. The van der Waals surface area contributed by atoms with Crippen LogP contribution in [0.25, 0.3) is 11.4 Å². The Kier molecular flexibility index (Phi) is 3.61. The van der Waals surface area contributed by atoms with E-state index < -0.39 is 6.09 Å². The second-order valence-corrected chi connectivity index (χ2v) is 4.04. The third kappa shape index (κ3) is 2.98. The molecular formula is C13H14N4O2. The van der Waals surface area contributed by atoms with E-state index in [1.807, 2.05) is 42.7 Å². The van der Waals surface area contributed by atoms with Crippen LogP contribution >= 0.6 is 0 Å². The Morgan fingerprint density at radius 1 is 1.37 bits per heavy atom. The fourth-order valence-electron chi connectivity index (χ4n) is 1.73. The molecule has 0 radical (unpaired) electrons. The van der Waals surface area contributed by atoms with Crippen LogP contribution in [0.1, 0.15) is 18.3 Å². The molecule has 1 amide bonds. The lowest BCUT2D eigenvalue weighted by molar-refractivity contribution is 0.195. The molecule has 0 aliphatic rings. The zero-order valence-electron chi connectivity index (χ0n) is 10.6. The van der Waals surface area contributed by atoms with E-state index in [0.717, 1.165) is 17.1 Å². The summed E-state index contributed by atoms with van der Waals surface area (Å²) in [5.74, 6) is 0.734. The van der Waals surface area contributed by atoms with E-state index in [1.54, 1.807) is 6.92 Å². The lowest BCUT2D eigenvalue weighted by Gasteiger charge is -1.97. The second-order valence-electron chi connectivity index (χ2n) is 4.04. The van der Waals surface area contributed by atoms with Gasteiger partial charge < -0.3 is 10.1 Å². The van der Waals surface area contributed by atoms with Gasteiger partial charge in [0.05, 0.1) is 5.71 Å². The number of carbonyl (C=O) groups is 1. The summed E-state index contributed by atoms with van der Waals surface area (Å²) >= 11 is 0. The van der Waals surface area contributed by atoms with Crippen molar-refractivity contribution in [2.24, 2.45) is 5.10 Å². The SMILES string of the molecule is CC(=NNC(=O)O)c1nc(-c2ccccc2)[nH]c1C. The summed E-state index contributed by atoms with van der Waals surface area (Å²) < 4.78 is 0. The highest BCUT2D eigenvalue weighted by Crippen LogP contribution is 2.17. The highest BCUT2D eigenvalue weighted by molar-refractivity contribution is 5.98. The molecule has 0 saturated heterocycles. The molecule has 6 heteroatoms. The van der Waals surface area contributed by atoms with E-state index >= 15 is 0 Å². The van der Waals surface area contributed by atoms with Gasteiger partial charge in [0.25, 0.3) is 0 Å². The van der Waals surface area contributed by atoms with Crippen molar-refractivity contribution >= 4 is 11.8 Å². The van der Waals surface area contributed by atoms with Crippen molar-refractivity contribution in [3.63, 3.8) is 0 Å². The molecule has 1 aromatic carbocycles. The maximum Gasteiger partial charge on any atom is 0.425 e. The van der Waals surface area contributed by atoms with E-state index in [4.69, 9.17) is 5.11 Å². The zero-order chi connectivity index (χ0) is 13.8. The molecule has 2 rings (SSSR count). The Labute approximate surface area is 110 Å². The maximum atomic E-state index is 10.4. The second kappa shape index (κ2) is 5.34. The third-order valence-corrected chi connectivity index (χ3v) is 2.59. The van der Waals surface area contributed by atoms with E-state index in [0.29, 0.717) is 11.4 Å². The minimum absolute atomic E-state index is 0.512. The average Bonchev–Trinajstić information content (AvgIpc) is 2.79. The highest BCUT2D eigenvalue weighted by atomic mass is 16.4. The fourth-order valence-corrected chi connectivity index (χ4v) is 1.73. The van der Waals surface area contributed by atoms with Gasteiger partial charge in [0.1, 0.15) is 11.5 Å². The van der Waals surface area contributed by atoms with Gasteiger partial charge in [-0.05, 0) is 13.8 Å². The van der Waals surface area contributed by atoms with Crippen molar-refractivity contribution in [1.29, 1.82) is 0 Å². The number of H-pyrrole nitrogens is 1. The molecule has 0 unspecified atom stereocenters. The number of nitrogens with one attached hydrogen (secondary N) is 2. The smallest absolute Gasteiger partial charge is 0.425 e. The minimum Gasteiger partial charge on any atom is -0.464 e. The van der Waals surface area contributed by atoms with Gasteiger partial charge in [0, 0.05) is 11.3 Å². The van der Waals surface area contributed by atoms with Crippen molar-refractivity contribution in [1.82, 2.24) is 15.4 Å². The summed E-state index contributed by atoms with van der Waals surface area (Å²) in [7, 11) is 0. The van der Waals surface area contributed by atoms with Crippen LogP contribution in [0.2, 0.25) is 0 Å². The number of hydrazone groups is 1. The van der Waals surface area contributed by atoms with Crippen molar-refractivity contribution < 1.29 is 9.90 Å². The number of rotatable bonds is 3. The third-order valence-electron chi connectivity index (χ3n) is 2.59. The molecule has 0 fully saturated rings. The van der Waals surface area contributed by atoms with Gasteiger partial charge in [-0.25, -0.2) is 15.2 Å². The number of hydrogen-bond acceptors (Lipinski definition) is 3. The van der Waals surface area contributed by atoms with E-state index in [-0.39, 0.29) is 0 Å². The lowest BCUT2D eigenvalue weighted by atomic mass is 10.2. The van der Waals surface area contributed by atoms with Crippen molar-refractivity contribution in [3.05, 3.63) is 41.7 Å². The van der Waals surface area contributed by atoms with Gasteiger partial charge in [-0.15, -0.1) is 0 Å². The Balaban J connectivity index is 2.32. The number of benzene rings is 1. The summed E-state index contributed by atoms with van der Waals surface area (Å²) in [4.78, 5) is 18.0. The van der Waals surface area contributed by atoms with Crippen molar-refractivity contribution in [3.8, 4) is 11.4 Å². The summed E-state index contributed by atoms with van der Waals surface area (Å²) in [5.41, 5.74) is 4.94. The molecule has 19 heavy (non-hydrogen) atoms. The summed E-state index contributed by atoms with van der Waals surface area (Å²) in [6, 6.07) is 9.69. The highest BCUT2D eigenvalue weighted by Gasteiger charge is 2.11. The van der Waals surface area contributed by atoms with Crippen LogP contribution in [0.4, 0.5) is 4.79 Å². The van der Waals surface area contributed by atoms with Gasteiger partial charge in [-0.3, -0.25) is 0 Å². The molecule has 0 aliphatic carbocycles. The van der Waals surface area contributed by atoms with Crippen LogP contribution < -0.4 is 5.43 Å². The zero-order valence-corrected chi connectivity index (χ0v) is 10.6. The largest absolute Gasteiger partial charge is 0.464 e. The molecule has 0 atom stereocenters. The molecule has 0 bridgehead atoms. The monoisotopic (exact) mass is 258 g/mol. The van der Waals surface area contributed by atoms with Crippen LogP contribution in [-0.4, -0.2) is 26.9 Å². The summed E-state index contributed by atoms with van der Waals surface area (Å²) in [6.45, 7) is 3.57. The normalized spacial score (nSPS) is 11.4. The van der Waals surface area contributed by atoms with E-state index in [2.05, 4.69) is 15.1 Å². The fraction of sp³-hybridized carbons (Fsp3) is 0.154. The predicted octanol–water partition coefficient (Wildman–Crippen LogP) is 2.38. The number of aryl methyl sites for hydroxylation is 1. The quantitative estimate of drug-likeness (QED) is 0.583. The molecule has 0 saturated carbocycles. The molecular weight excluding hydrogens is 244 g/mol. The Morgan fingerprint density at radius 3 is 2.68 bits per heavy atom. The Hall–Kier alpha value is -2.63. The van der Waals surface area contributed by atoms with Crippen LogP contribution in [0.15, 0.2) is 35.4 Å². The Morgan fingerprint density at radius 2 is 2.05 bits per heavy atom. The molecule has 3 N–H and O–H groups in total. The summed E-state index contributed by atoms with van der Waals surface area (Å²) in [6.07, 6.45) is -1.20. The average molecular weight is 258 g/mol. The first-order valence-electron chi connectivity index (χ1n) is 5.73. The molecule has 6 nitrogen and oxygen atoms in total. The molecule has 0 aliphatic heterocycles. The first-order valence-corrected chi connectivity index (χ1v) is 5.73. The standard InChI is InChI=1S/C13H14N4O2/c1-8-11(9(2)16-17-13(18)19)15-12(14-8)10-6-4-3-5-7-10/h3-7,17H,1-2H3,(H,14,15)(H,18,19). The maximum absolute atomic E-state index is 10.4. The first-order chi connectivity index (χ1) is 9.08. The molecule has 0 spiro atoms. The topological polar surface area (TPSA) is 90.4 Å². The van der Waals surface area contributed by atoms with Crippen LogP contribution in [0.3, 0.4) is 0 Å². The van der Waals surface area contributed by atoms with Gasteiger partial charge in [0.2, 0.25) is 0 Å². The minimum atomic E-state index is -1.20. The number of hydrogen-bond donors (Lipinski definition) is 3. The molecule has 1 aromatic heterocycles. The first kappa shape index (κ1) is 12.8. The van der Waals surface area contributed by atoms with E-state index in [1.165, 1.54) is 0 Å². The molecule has 1 heterocycles. The number of aromatic nitrogens is 2. The number of nitrogens with zero attached hydrogens (tertiary/aromatic N) is 2. The van der Waals surface area contributed by atoms with Gasteiger partial charge in [0.15, 0.2) is 0 Å². The lowest BCUT2D eigenvalue weighted by Crippen LogP contribution is -2.16. The number of aromatic amines is 1. The van der Waals surface area contributed by atoms with Crippen LogP contribution in [-0.2, 0) is 0 Å². The molecule has 2 aromatic rings. The number of amides is 1. The van der Waals surface area contributed by atoms with Gasteiger partial charge >= 0.3 is 6.09 Å². The van der Waals surface area contributed by atoms with Gasteiger partial charge in [-0.2, -0.15) is 5.10 Å². The van der Waals surface area contributed by atoms with E-state index in [9.17, 15) is 4.79 Å². The van der Waals surface area contributed by atoms with Crippen molar-refractivity contribution in [2.45, 2.75) is 13.8 Å².